The minimum atomic E-state index is -0.0506. The smallest absolute Gasteiger partial charge is 0.232 e. The van der Waals surface area contributed by atoms with E-state index in [1.807, 2.05) is 56.1 Å². The molecule has 1 heterocycles. The van der Waals surface area contributed by atoms with Crippen LogP contribution in [0.25, 0.3) is 11.3 Å². The van der Waals surface area contributed by atoms with Gasteiger partial charge in [-0.3, -0.25) is 4.79 Å². The van der Waals surface area contributed by atoms with Gasteiger partial charge in [-0.05, 0) is 27.2 Å². The largest absolute Gasteiger partial charge is 0.341 e. The standard InChI is InChI=1S/C22H33N3O2/c1-8-17(6)25(21(26)15(2)3)14-19-20(18-12-10-9-11-13-18)23-27-22(19)24(7)16(4)5/h9-13,15-17H,8,14H2,1-7H3/t17-/m0/s1. The summed E-state index contributed by atoms with van der Waals surface area (Å²) in [6.07, 6.45) is 0.903. The number of hydrogen-bond acceptors (Lipinski definition) is 4. The van der Waals surface area contributed by atoms with Crippen molar-refractivity contribution in [3.63, 3.8) is 0 Å². The predicted molar refractivity (Wildman–Crippen MR) is 111 cm³/mol. The molecule has 1 atom stereocenters. The van der Waals surface area contributed by atoms with Gasteiger partial charge in [0.2, 0.25) is 11.8 Å². The van der Waals surface area contributed by atoms with Gasteiger partial charge >= 0.3 is 0 Å². The van der Waals surface area contributed by atoms with Crippen LogP contribution < -0.4 is 4.90 Å². The molecule has 0 aliphatic heterocycles. The summed E-state index contributed by atoms with van der Waals surface area (Å²) < 4.78 is 5.77. The Kier molecular flexibility index (Phi) is 7.05. The molecular weight excluding hydrogens is 338 g/mol. The van der Waals surface area contributed by atoms with Gasteiger partial charge < -0.3 is 14.3 Å². The van der Waals surface area contributed by atoms with Crippen LogP contribution in [0.3, 0.4) is 0 Å². The van der Waals surface area contributed by atoms with E-state index in [2.05, 4.69) is 37.8 Å². The molecule has 0 bridgehead atoms. The van der Waals surface area contributed by atoms with Gasteiger partial charge in [0.1, 0.15) is 5.69 Å². The highest BCUT2D eigenvalue weighted by atomic mass is 16.5. The number of benzene rings is 1. The van der Waals surface area contributed by atoms with Crippen molar-refractivity contribution >= 4 is 11.8 Å². The van der Waals surface area contributed by atoms with Crippen molar-refractivity contribution in [1.82, 2.24) is 10.1 Å². The molecular formula is C22H33N3O2. The van der Waals surface area contributed by atoms with E-state index in [-0.39, 0.29) is 23.9 Å². The number of amides is 1. The Hall–Kier alpha value is -2.30. The fraction of sp³-hybridized carbons (Fsp3) is 0.545. The van der Waals surface area contributed by atoms with Crippen LogP contribution in [-0.2, 0) is 11.3 Å². The summed E-state index contributed by atoms with van der Waals surface area (Å²) in [5.74, 6) is 0.835. The molecule has 2 rings (SSSR count). The zero-order chi connectivity index (χ0) is 20.1. The average Bonchev–Trinajstić information content (AvgIpc) is 3.08. The molecule has 1 aromatic carbocycles. The van der Waals surface area contributed by atoms with Gasteiger partial charge in [-0.15, -0.1) is 0 Å². The number of nitrogens with zero attached hydrogens (tertiary/aromatic N) is 3. The quantitative estimate of drug-likeness (QED) is 0.657. The predicted octanol–water partition coefficient (Wildman–Crippen LogP) is 4.97. The SMILES string of the molecule is CC[C@H](C)N(Cc1c(-c2ccccc2)noc1N(C)C(C)C)C(=O)C(C)C. The first-order chi connectivity index (χ1) is 12.8. The Bertz CT molecular complexity index is 737. The fourth-order valence-corrected chi connectivity index (χ4v) is 2.95. The first-order valence-corrected chi connectivity index (χ1v) is 9.85. The second-order valence-corrected chi connectivity index (χ2v) is 7.76. The van der Waals surface area contributed by atoms with Crippen molar-refractivity contribution in [3.8, 4) is 11.3 Å². The number of rotatable bonds is 8. The molecule has 0 saturated heterocycles. The van der Waals surface area contributed by atoms with Gasteiger partial charge in [-0.25, -0.2) is 0 Å². The molecule has 0 fully saturated rings. The summed E-state index contributed by atoms with van der Waals surface area (Å²) in [4.78, 5) is 16.9. The monoisotopic (exact) mass is 371 g/mol. The Morgan fingerprint density at radius 1 is 1.11 bits per heavy atom. The Morgan fingerprint density at radius 3 is 2.26 bits per heavy atom. The van der Waals surface area contributed by atoms with Gasteiger partial charge in [-0.2, -0.15) is 0 Å². The van der Waals surface area contributed by atoms with E-state index < -0.39 is 0 Å². The highest BCUT2D eigenvalue weighted by Crippen LogP contribution is 2.33. The highest BCUT2D eigenvalue weighted by molar-refractivity contribution is 5.79. The third kappa shape index (κ3) is 4.71. The average molecular weight is 372 g/mol. The van der Waals surface area contributed by atoms with Crippen LogP contribution in [0.5, 0.6) is 0 Å². The first-order valence-electron chi connectivity index (χ1n) is 9.85. The van der Waals surface area contributed by atoms with Crippen LogP contribution in [0, 0.1) is 5.92 Å². The van der Waals surface area contributed by atoms with Gasteiger partial charge in [0, 0.05) is 30.6 Å². The van der Waals surface area contributed by atoms with Gasteiger partial charge in [0.15, 0.2) is 0 Å². The number of aromatic nitrogens is 1. The van der Waals surface area contributed by atoms with Gasteiger partial charge in [0.05, 0.1) is 12.1 Å². The van der Waals surface area contributed by atoms with E-state index in [1.54, 1.807) is 0 Å². The van der Waals surface area contributed by atoms with Crippen LogP contribution in [0.15, 0.2) is 34.9 Å². The normalized spacial score (nSPS) is 12.5. The third-order valence-corrected chi connectivity index (χ3v) is 5.14. The van der Waals surface area contributed by atoms with Crippen molar-refractivity contribution < 1.29 is 9.32 Å². The second-order valence-electron chi connectivity index (χ2n) is 7.76. The lowest BCUT2D eigenvalue weighted by Crippen LogP contribution is -2.40. The molecule has 148 valence electrons. The molecule has 5 nitrogen and oxygen atoms in total. The van der Waals surface area contributed by atoms with E-state index in [1.165, 1.54) is 0 Å². The van der Waals surface area contributed by atoms with E-state index in [4.69, 9.17) is 4.52 Å². The molecule has 0 spiro atoms. The number of carbonyl (C=O) groups is 1. The molecule has 0 N–H and O–H groups in total. The molecule has 1 amide bonds. The molecule has 0 aliphatic rings. The van der Waals surface area contributed by atoms with Crippen LogP contribution in [0.4, 0.5) is 5.88 Å². The number of carbonyl (C=O) groups excluding carboxylic acids is 1. The van der Waals surface area contributed by atoms with Crippen LogP contribution in [-0.4, -0.2) is 35.1 Å². The Balaban J connectivity index is 2.53. The van der Waals surface area contributed by atoms with E-state index in [9.17, 15) is 4.79 Å². The summed E-state index contributed by atoms with van der Waals surface area (Å²) in [7, 11) is 2.00. The molecule has 0 aliphatic carbocycles. The molecule has 0 saturated carbocycles. The minimum Gasteiger partial charge on any atom is -0.341 e. The lowest BCUT2D eigenvalue weighted by molar-refractivity contribution is -0.137. The molecule has 0 radical (unpaired) electrons. The van der Waals surface area contributed by atoms with Crippen LogP contribution in [0.2, 0.25) is 0 Å². The van der Waals surface area contributed by atoms with E-state index >= 15 is 0 Å². The molecule has 5 heteroatoms. The lowest BCUT2D eigenvalue weighted by atomic mass is 10.0. The van der Waals surface area contributed by atoms with Crippen LogP contribution >= 0.6 is 0 Å². The molecule has 27 heavy (non-hydrogen) atoms. The summed E-state index contributed by atoms with van der Waals surface area (Å²) in [5.41, 5.74) is 2.77. The summed E-state index contributed by atoms with van der Waals surface area (Å²) in [6.45, 7) is 12.8. The van der Waals surface area contributed by atoms with Crippen LogP contribution in [0.1, 0.15) is 53.5 Å². The third-order valence-electron chi connectivity index (χ3n) is 5.14. The Morgan fingerprint density at radius 2 is 1.74 bits per heavy atom. The fourth-order valence-electron chi connectivity index (χ4n) is 2.95. The van der Waals surface area contributed by atoms with Crippen molar-refractivity contribution in [2.24, 2.45) is 5.92 Å². The highest BCUT2D eigenvalue weighted by Gasteiger charge is 2.28. The molecule has 1 aromatic heterocycles. The zero-order valence-electron chi connectivity index (χ0n) is 17.7. The topological polar surface area (TPSA) is 49.6 Å². The minimum absolute atomic E-state index is 0.0506. The van der Waals surface area contributed by atoms with Crippen molar-refractivity contribution in [1.29, 1.82) is 0 Å². The zero-order valence-corrected chi connectivity index (χ0v) is 17.7. The number of anilines is 1. The van der Waals surface area contributed by atoms with E-state index in [0.717, 1.165) is 29.1 Å². The summed E-state index contributed by atoms with van der Waals surface area (Å²) in [6, 6.07) is 10.4. The summed E-state index contributed by atoms with van der Waals surface area (Å²) in [5, 5.41) is 4.38. The maximum atomic E-state index is 12.9. The number of hydrogen-bond donors (Lipinski definition) is 0. The van der Waals surface area contributed by atoms with Crippen molar-refractivity contribution in [3.05, 3.63) is 35.9 Å². The van der Waals surface area contributed by atoms with Gasteiger partial charge in [-0.1, -0.05) is 56.3 Å². The Labute approximate surface area is 163 Å². The van der Waals surface area contributed by atoms with Crippen molar-refractivity contribution in [2.45, 2.75) is 66.6 Å². The maximum absolute atomic E-state index is 12.9. The molecule has 0 unspecified atom stereocenters. The first kappa shape index (κ1) is 21.0. The van der Waals surface area contributed by atoms with Crippen molar-refractivity contribution in [2.75, 3.05) is 11.9 Å². The second kappa shape index (κ2) is 9.07. The molecule has 2 aromatic rings. The maximum Gasteiger partial charge on any atom is 0.232 e. The lowest BCUT2D eigenvalue weighted by Gasteiger charge is -2.31. The van der Waals surface area contributed by atoms with E-state index in [0.29, 0.717) is 6.54 Å². The van der Waals surface area contributed by atoms with Gasteiger partial charge in [0.25, 0.3) is 0 Å². The summed E-state index contributed by atoms with van der Waals surface area (Å²) >= 11 is 0.